The van der Waals surface area contributed by atoms with Crippen molar-refractivity contribution in [2.24, 2.45) is 23.7 Å². The summed E-state index contributed by atoms with van der Waals surface area (Å²) in [5, 5.41) is 22.6. The number of carbonyl (C=O) groups is 2. The normalized spacial score (nSPS) is 26.6. The maximum atomic E-state index is 13.9. The van der Waals surface area contributed by atoms with Crippen molar-refractivity contribution in [1.82, 2.24) is 0 Å². The van der Waals surface area contributed by atoms with Crippen LogP contribution < -0.4 is 4.89 Å². The minimum atomic E-state index is -2.22. The van der Waals surface area contributed by atoms with E-state index < -0.39 is 51.3 Å². The van der Waals surface area contributed by atoms with E-state index in [4.69, 9.17) is 28.1 Å². The Kier molecular flexibility index (Phi) is 21.0. The average Bonchev–Trinajstić information content (AvgIpc) is 4.00. The molecule has 10 unspecified atom stereocenters. The van der Waals surface area contributed by atoms with Gasteiger partial charge in [0.05, 0.1) is 41.2 Å². The number of ether oxygens (including phenoxy) is 2. The molecule has 1 saturated heterocycles. The Balaban J connectivity index is 1.85. The summed E-state index contributed by atoms with van der Waals surface area (Å²) in [6.07, 6.45) is 10.7. The van der Waals surface area contributed by atoms with Crippen LogP contribution in [0.2, 0.25) is 35.3 Å². The Bertz CT molecular complexity index is 1700. The Hall–Kier alpha value is -3.15. The highest BCUT2D eigenvalue weighted by Gasteiger charge is 2.49. The zero-order chi connectivity index (χ0) is 47.3. The summed E-state index contributed by atoms with van der Waals surface area (Å²) < 4.78 is 26.5. The van der Waals surface area contributed by atoms with Crippen LogP contribution >= 0.6 is 0 Å². The van der Waals surface area contributed by atoms with E-state index >= 15 is 0 Å². The lowest BCUT2D eigenvalue weighted by molar-refractivity contribution is -0.384. The highest BCUT2D eigenvalue weighted by atomic mass is 28.4. The number of esters is 1. The van der Waals surface area contributed by atoms with Crippen LogP contribution in [-0.4, -0.2) is 74.7 Å². The second-order valence-electron chi connectivity index (χ2n) is 19.2. The number of aliphatic hydroxyl groups is 1. The molecule has 2 aliphatic rings. The first kappa shape index (κ1) is 54.2. The fraction of sp³-hybridized carbons (Fsp3) is 0.714. The number of nitro benzene ring substituents is 1. The number of hydrogen-bond acceptors (Lipinski definition) is 11. The molecule has 1 aromatic carbocycles. The lowest BCUT2D eigenvalue weighted by atomic mass is 9.86. The Labute approximate surface area is 380 Å². The quantitative estimate of drug-likeness (QED) is 0.0173. The van der Waals surface area contributed by atoms with Gasteiger partial charge in [-0.1, -0.05) is 113 Å². The molecule has 0 amide bonds. The SMILES string of the molecule is CCC(O[Si](CC)(CC)C(C)C)C(C)C1OC1CC(C)(O)/C=C/C=C(\C)C1OC(=O)CC(O[Si](CC)(CC)C(C)C)CCC(C)C(C(=O)OOc2ccc([N+](=O)[O-])cc2)/C=C\C1C. The van der Waals surface area contributed by atoms with Crippen LogP contribution in [0, 0.1) is 33.8 Å². The molecule has 0 bridgehead atoms. The number of carbonyl (C=O) groups excluding carboxylic acids is 2. The molecule has 3 rings (SSSR count). The molecule has 0 aromatic heterocycles. The van der Waals surface area contributed by atoms with Gasteiger partial charge in [-0.15, -0.1) is 0 Å². The van der Waals surface area contributed by atoms with E-state index in [-0.39, 0.29) is 59.9 Å². The van der Waals surface area contributed by atoms with E-state index in [1.165, 1.54) is 24.3 Å². The number of epoxide rings is 1. The number of nitro groups is 1. The van der Waals surface area contributed by atoms with Crippen LogP contribution in [0.4, 0.5) is 5.69 Å². The molecule has 0 radical (unpaired) electrons. The van der Waals surface area contributed by atoms with Crippen molar-refractivity contribution in [3.8, 4) is 5.75 Å². The lowest BCUT2D eigenvalue weighted by Crippen LogP contribution is -2.46. The van der Waals surface area contributed by atoms with Crippen LogP contribution in [0.3, 0.4) is 0 Å². The molecule has 1 fully saturated rings. The summed E-state index contributed by atoms with van der Waals surface area (Å²) in [5.74, 6) is -1.86. The second kappa shape index (κ2) is 24.4. The predicted molar refractivity (Wildman–Crippen MR) is 254 cm³/mol. The van der Waals surface area contributed by atoms with Gasteiger partial charge in [-0.25, -0.2) is 9.68 Å². The number of allylic oxidation sites excluding steroid dienone is 2. The van der Waals surface area contributed by atoms with Crippen LogP contribution in [-0.2, 0) is 32.8 Å². The van der Waals surface area contributed by atoms with Crippen molar-refractivity contribution >= 4 is 34.3 Å². The van der Waals surface area contributed by atoms with Crippen molar-refractivity contribution in [3.05, 3.63) is 70.3 Å². The largest absolute Gasteiger partial charge is 0.457 e. The van der Waals surface area contributed by atoms with Gasteiger partial charge in [0.15, 0.2) is 22.4 Å². The first-order valence-corrected chi connectivity index (χ1v) is 28.5. The van der Waals surface area contributed by atoms with Crippen molar-refractivity contribution < 1.29 is 47.7 Å². The molecule has 63 heavy (non-hydrogen) atoms. The van der Waals surface area contributed by atoms with Crippen molar-refractivity contribution in [2.45, 2.75) is 200 Å². The van der Waals surface area contributed by atoms with Gasteiger partial charge in [-0.3, -0.25) is 19.8 Å². The summed E-state index contributed by atoms with van der Waals surface area (Å²) in [5.41, 5.74) is 0.388. The first-order valence-electron chi connectivity index (χ1n) is 23.7. The molecular weight excluding hydrogens is 835 g/mol. The zero-order valence-electron chi connectivity index (χ0n) is 40.9. The molecule has 12 nitrogen and oxygen atoms in total. The summed E-state index contributed by atoms with van der Waals surface area (Å²) in [6, 6.07) is 9.30. The molecule has 356 valence electrons. The highest BCUT2D eigenvalue weighted by Crippen LogP contribution is 2.41. The molecular formula is C49H81NO11Si2. The number of hydrogen-bond donors (Lipinski definition) is 1. The molecule has 2 heterocycles. The Morgan fingerprint density at radius 1 is 0.968 bits per heavy atom. The Morgan fingerprint density at radius 2 is 1.57 bits per heavy atom. The monoisotopic (exact) mass is 916 g/mol. The Morgan fingerprint density at radius 3 is 2.11 bits per heavy atom. The van der Waals surface area contributed by atoms with Crippen LogP contribution in [0.5, 0.6) is 5.75 Å². The summed E-state index contributed by atoms with van der Waals surface area (Å²) >= 11 is 0. The third-order valence-corrected chi connectivity index (χ3v) is 24.7. The number of nitrogens with zero attached hydrogens (tertiary/aromatic N) is 1. The molecule has 2 aliphatic heterocycles. The number of benzene rings is 1. The van der Waals surface area contributed by atoms with E-state index in [0.29, 0.717) is 30.3 Å². The smallest absolute Gasteiger partial charge is 0.362 e. The maximum absolute atomic E-state index is 13.9. The zero-order valence-corrected chi connectivity index (χ0v) is 42.9. The summed E-state index contributed by atoms with van der Waals surface area (Å²) in [7, 11) is -4.09. The second-order valence-corrected chi connectivity index (χ2v) is 29.0. The molecule has 0 saturated carbocycles. The number of non-ortho nitro benzene ring substituents is 1. The highest BCUT2D eigenvalue weighted by molar-refractivity contribution is 6.75. The fourth-order valence-electron chi connectivity index (χ4n) is 9.39. The van der Waals surface area contributed by atoms with Crippen LogP contribution in [0.15, 0.2) is 60.2 Å². The van der Waals surface area contributed by atoms with Gasteiger partial charge in [0.25, 0.3) is 5.69 Å². The molecule has 1 N–H and O–H groups in total. The van der Waals surface area contributed by atoms with E-state index in [1.807, 2.05) is 39.0 Å². The lowest BCUT2D eigenvalue weighted by Gasteiger charge is -2.39. The molecule has 14 heteroatoms. The number of rotatable bonds is 22. The average molecular weight is 916 g/mol. The van der Waals surface area contributed by atoms with Crippen molar-refractivity contribution in [2.75, 3.05) is 0 Å². The van der Waals surface area contributed by atoms with Gasteiger partial charge in [-0.05, 0) is 92.0 Å². The van der Waals surface area contributed by atoms with E-state index in [1.54, 1.807) is 19.1 Å². The topological polar surface area (TPSA) is 156 Å². The van der Waals surface area contributed by atoms with E-state index in [0.717, 1.165) is 36.2 Å². The van der Waals surface area contributed by atoms with Gasteiger partial charge >= 0.3 is 11.9 Å². The van der Waals surface area contributed by atoms with E-state index in [9.17, 15) is 24.8 Å². The summed E-state index contributed by atoms with van der Waals surface area (Å²) in [4.78, 5) is 48.8. The predicted octanol–water partition coefficient (Wildman–Crippen LogP) is 12.0. The first-order chi connectivity index (χ1) is 29.6. The van der Waals surface area contributed by atoms with Gasteiger partial charge in [0, 0.05) is 36.5 Å². The van der Waals surface area contributed by atoms with Crippen molar-refractivity contribution in [3.63, 3.8) is 0 Å². The third-order valence-electron chi connectivity index (χ3n) is 14.1. The van der Waals surface area contributed by atoms with Crippen LogP contribution in [0.25, 0.3) is 0 Å². The maximum Gasteiger partial charge on any atom is 0.362 e. The van der Waals surface area contributed by atoms with Gasteiger partial charge in [0.2, 0.25) is 0 Å². The molecule has 0 spiro atoms. The van der Waals surface area contributed by atoms with E-state index in [2.05, 4.69) is 69.2 Å². The molecule has 1 aromatic rings. The van der Waals surface area contributed by atoms with Gasteiger partial charge in [-0.2, -0.15) is 0 Å². The van der Waals surface area contributed by atoms with Crippen molar-refractivity contribution in [1.29, 1.82) is 0 Å². The number of cyclic esters (lactones) is 1. The third kappa shape index (κ3) is 15.2. The minimum absolute atomic E-state index is 0.0245. The molecule has 0 aliphatic carbocycles. The standard InChI is InChI=1S/C49H81NO11Si2/c1-15-43(61-63(18-4,19-5)34(8)9)38(13)47-44(56-47)32-49(14,53)30-20-21-36(11)46-37(12)23-29-42(48(52)59-58-40-27-24-39(25-28-40)50(54)55)35(10)22-26-41(31-45(51)57-46)60-62(16-2,17-3)33(6)7/h20-21,23-25,27-30,33-35,37-38,41-44,46-47,53H,15-19,22,26,31-32H2,1-14H3/b29-23-,30-20+,36-21+. The fourth-order valence-corrected chi connectivity index (χ4v) is 16.7. The molecule has 10 atom stereocenters. The minimum Gasteiger partial charge on any atom is -0.457 e. The van der Waals surface area contributed by atoms with Crippen LogP contribution in [0.1, 0.15) is 129 Å². The summed E-state index contributed by atoms with van der Waals surface area (Å²) in [6.45, 7) is 29.8. The van der Waals surface area contributed by atoms with Gasteiger partial charge < -0.3 is 23.4 Å². The van der Waals surface area contributed by atoms with Gasteiger partial charge in [0.1, 0.15) is 6.10 Å².